The van der Waals surface area contributed by atoms with Gasteiger partial charge < -0.3 is 0 Å². The highest BCUT2D eigenvalue weighted by atomic mass is 35.5. The van der Waals surface area contributed by atoms with Gasteiger partial charge in [0.05, 0.1) is 11.1 Å². The second-order valence-corrected chi connectivity index (χ2v) is 4.95. The van der Waals surface area contributed by atoms with Crippen LogP contribution < -0.4 is 0 Å². The van der Waals surface area contributed by atoms with E-state index in [1.807, 2.05) is 0 Å². The van der Waals surface area contributed by atoms with Crippen LogP contribution in [0.4, 0.5) is 26.3 Å². The zero-order valence-corrected chi connectivity index (χ0v) is 11.9. The van der Waals surface area contributed by atoms with Crippen LogP contribution >= 0.6 is 11.6 Å². The average molecular weight is 353 g/mol. The summed E-state index contributed by atoms with van der Waals surface area (Å²) in [5.41, 5.74) is -3.35. The normalized spacial score (nSPS) is 12.3. The summed E-state index contributed by atoms with van der Waals surface area (Å²) in [6, 6.07) is 5.74. The number of rotatable bonds is 2. The van der Waals surface area contributed by atoms with Gasteiger partial charge in [0.25, 0.3) is 5.24 Å². The van der Waals surface area contributed by atoms with Crippen LogP contribution in [0.1, 0.15) is 21.5 Å². The highest BCUT2D eigenvalue weighted by molar-refractivity contribution is 6.67. The van der Waals surface area contributed by atoms with E-state index in [9.17, 15) is 31.1 Å². The SMILES string of the molecule is O=C(Cl)c1ccc(C(F)(F)F)c(-c2cccc(C(F)(F)F)c2)c1. The second kappa shape index (κ2) is 5.88. The summed E-state index contributed by atoms with van der Waals surface area (Å²) >= 11 is 5.23. The van der Waals surface area contributed by atoms with Crippen molar-refractivity contribution in [3.05, 3.63) is 59.2 Å². The van der Waals surface area contributed by atoms with Crippen LogP contribution in [0.25, 0.3) is 11.1 Å². The Morgan fingerprint density at radius 3 is 2.04 bits per heavy atom. The Kier molecular flexibility index (Phi) is 4.43. The van der Waals surface area contributed by atoms with Crippen LogP contribution in [-0.2, 0) is 12.4 Å². The first-order valence-electron chi connectivity index (χ1n) is 6.09. The van der Waals surface area contributed by atoms with Crippen LogP contribution in [-0.4, -0.2) is 5.24 Å². The number of benzene rings is 2. The highest BCUT2D eigenvalue weighted by Crippen LogP contribution is 2.39. The predicted molar refractivity (Wildman–Crippen MR) is 72.1 cm³/mol. The molecule has 0 bridgehead atoms. The number of carbonyl (C=O) groups is 1. The molecule has 0 aromatic heterocycles. The molecule has 1 nitrogen and oxygen atoms in total. The van der Waals surface area contributed by atoms with Crippen LogP contribution in [0, 0.1) is 0 Å². The molecule has 0 aliphatic carbocycles. The Morgan fingerprint density at radius 2 is 1.52 bits per heavy atom. The van der Waals surface area contributed by atoms with E-state index < -0.39 is 34.3 Å². The molecule has 0 heterocycles. The van der Waals surface area contributed by atoms with Crippen molar-refractivity contribution in [2.24, 2.45) is 0 Å². The molecule has 0 aliphatic rings. The first kappa shape index (κ1) is 17.3. The summed E-state index contributed by atoms with van der Waals surface area (Å²) in [4.78, 5) is 11.1. The molecule has 0 N–H and O–H groups in total. The zero-order chi connectivity index (χ0) is 17.4. The zero-order valence-electron chi connectivity index (χ0n) is 11.1. The second-order valence-electron chi connectivity index (χ2n) is 4.61. The van der Waals surface area contributed by atoms with Crippen molar-refractivity contribution in [2.75, 3.05) is 0 Å². The van der Waals surface area contributed by atoms with Crippen LogP contribution in [0.3, 0.4) is 0 Å². The summed E-state index contributed by atoms with van der Waals surface area (Å²) in [5, 5.41) is -1.01. The first-order chi connectivity index (χ1) is 10.5. The van der Waals surface area contributed by atoms with Gasteiger partial charge in [0.2, 0.25) is 0 Å². The van der Waals surface area contributed by atoms with Gasteiger partial charge in [-0.2, -0.15) is 26.3 Å². The molecule has 122 valence electrons. The molecule has 0 aliphatic heterocycles. The van der Waals surface area contributed by atoms with Crippen molar-refractivity contribution < 1.29 is 31.1 Å². The summed E-state index contributed by atoms with van der Waals surface area (Å²) in [6.45, 7) is 0. The van der Waals surface area contributed by atoms with Crippen molar-refractivity contribution >= 4 is 16.8 Å². The van der Waals surface area contributed by atoms with Crippen molar-refractivity contribution in [3.8, 4) is 11.1 Å². The van der Waals surface area contributed by atoms with Crippen LogP contribution in [0.5, 0.6) is 0 Å². The van der Waals surface area contributed by atoms with Crippen molar-refractivity contribution in [1.29, 1.82) is 0 Å². The van der Waals surface area contributed by atoms with Gasteiger partial charge in [-0.25, -0.2) is 0 Å². The Morgan fingerprint density at radius 1 is 0.870 bits per heavy atom. The maximum Gasteiger partial charge on any atom is 0.417 e. The van der Waals surface area contributed by atoms with Gasteiger partial charge in [0, 0.05) is 5.56 Å². The lowest BCUT2D eigenvalue weighted by Crippen LogP contribution is -2.09. The molecule has 0 amide bonds. The minimum absolute atomic E-state index is 0.243. The van der Waals surface area contributed by atoms with E-state index in [0.717, 1.165) is 30.3 Å². The van der Waals surface area contributed by atoms with Gasteiger partial charge in [-0.15, -0.1) is 0 Å². The molecule has 2 rings (SSSR count). The van der Waals surface area contributed by atoms with E-state index in [4.69, 9.17) is 11.6 Å². The lowest BCUT2D eigenvalue weighted by atomic mass is 9.95. The number of halogens is 7. The molecule has 2 aromatic rings. The maximum atomic E-state index is 13.1. The molecule has 0 saturated heterocycles. The summed E-state index contributed by atoms with van der Waals surface area (Å²) in [7, 11) is 0. The summed E-state index contributed by atoms with van der Waals surface area (Å²) < 4.78 is 77.4. The predicted octanol–water partition coefficient (Wildman–Crippen LogP) is 5.77. The highest BCUT2D eigenvalue weighted by Gasteiger charge is 2.35. The lowest BCUT2D eigenvalue weighted by molar-refractivity contribution is -0.137. The third-order valence-electron chi connectivity index (χ3n) is 3.05. The molecule has 0 saturated carbocycles. The Balaban J connectivity index is 2.70. The smallest absolute Gasteiger partial charge is 0.276 e. The molecule has 23 heavy (non-hydrogen) atoms. The molecular weight excluding hydrogens is 346 g/mol. The minimum atomic E-state index is -4.79. The minimum Gasteiger partial charge on any atom is -0.276 e. The summed E-state index contributed by atoms with van der Waals surface area (Å²) in [6.07, 6.45) is -9.49. The van der Waals surface area contributed by atoms with Crippen LogP contribution in [0.15, 0.2) is 42.5 Å². The monoisotopic (exact) mass is 352 g/mol. The van der Waals surface area contributed by atoms with E-state index in [1.165, 1.54) is 0 Å². The standard InChI is InChI=1S/C15H7ClF6O/c16-13(23)9-4-5-12(15(20,21)22)11(7-9)8-2-1-3-10(6-8)14(17,18)19/h1-7H. The molecule has 0 atom stereocenters. The van der Waals surface area contributed by atoms with Gasteiger partial charge in [-0.05, 0) is 53.1 Å². The van der Waals surface area contributed by atoms with E-state index in [1.54, 1.807) is 0 Å². The Labute approximate surface area is 131 Å². The number of carbonyl (C=O) groups excluding carboxylic acids is 1. The van der Waals surface area contributed by atoms with E-state index >= 15 is 0 Å². The lowest BCUT2D eigenvalue weighted by Gasteiger charge is -2.15. The molecule has 2 aromatic carbocycles. The topological polar surface area (TPSA) is 17.1 Å². The fraction of sp³-hybridized carbons (Fsp3) is 0.133. The molecule has 0 radical (unpaired) electrons. The van der Waals surface area contributed by atoms with E-state index in [0.29, 0.717) is 12.1 Å². The number of alkyl halides is 6. The molecule has 0 fully saturated rings. The first-order valence-corrected chi connectivity index (χ1v) is 6.46. The number of hydrogen-bond donors (Lipinski definition) is 0. The van der Waals surface area contributed by atoms with Crippen molar-refractivity contribution in [2.45, 2.75) is 12.4 Å². The van der Waals surface area contributed by atoms with Gasteiger partial charge in [-0.1, -0.05) is 12.1 Å². The van der Waals surface area contributed by atoms with Gasteiger partial charge >= 0.3 is 12.4 Å². The fourth-order valence-corrected chi connectivity index (χ4v) is 2.13. The molecule has 0 unspecified atom stereocenters. The Hall–Kier alpha value is -2.02. The Bertz CT molecular complexity index is 748. The average Bonchev–Trinajstić information content (AvgIpc) is 2.45. The van der Waals surface area contributed by atoms with Gasteiger partial charge in [0.1, 0.15) is 0 Å². The van der Waals surface area contributed by atoms with Crippen molar-refractivity contribution in [3.63, 3.8) is 0 Å². The quantitative estimate of drug-likeness (QED) is 0.495. The third-order valence-corrected chi connectivity index (χ3v) is 3.27. The summed E-state index contributed by atoms with van der Waals surface area (Å²) in [5.74, 6) is 0. The third kappa shape index (κ3) is 3.85. The van der Waals surface area contributed by atoms with Crippen molar-refractivity contribution in [1.82, 2.24) is 0 Å². The van der Waals surface area contributed by atoms with E-state index in [-0.39, 0.29) is 11.1 Å². The number of hydrogen-bond acceptors (Lipinski definition) is 1. The molecule has 0 spiro atoms. The fourth-order valence-electron chi connectivity index (χ4n) is 2.02. The van der Waals surface area contributed by atoms with Crippen LogP contribution in [0.2, 0.25) is 0 Å². The van der Waals surface area contributed by atoms with Gasteiger partial charge in [-0.3, -0.25) is 4.79 Å². The molecule has 8 heteroatoms. The molecular formula is C15H7ClF6O. The van der Waals surface area contributed by atoms with Gasteiger partial charge in [0.15, 0.2) is 0 Å². The van der Waals surface area contributed by atoms with E-state index in [2.05, 4.69) is 0 Å². The largest absolute Gasteiger partial charge is 0.417 e. The maximum absolute atomic E-state index is 13.1.